The molecule has 0 spiro atoms. The molecule has 0 unspecified atom stereocenters. The molecular formula is C11H9FN4O. The lowest BCUT2D eigenvalue weighted by Gasteiger charge is -2.07. The van der Waals surface area contributed by atoms with E-state index in [0.29, 0.717) is 22.8 Å². The van der Waals surface area contributed by atoms with E-state index in [1.165, 1.54) is 12.1 Å². The number of aromatic nitrogens is 2. The Morgan fingerprint density at radius 3 is 2.94 bits per heavy atom. The molecule has 3 rings (SSSR count). The highest BCUT2D eigenvalue weighted by atomic mass is 19.1. The Bertz CT molecular complexity index is 620. The molecule has 17 heavy (non-hydrogen) atoms. The van der Waals surface area contributed by atoms with E-state index in [-0.39, 0.29) is 5.91 Å². The lowest BCUT2D eigenvalue weighted by molar-refractivity contribution is 0.102. The molecule has 2 N–H and O–H groups in total. The van der Waals surface area contributed by atoms with Crippen LogP contribution in [0.5, 0.6) is 0 Å². The van der Waals surface area contributed by atoms with Crippen molar-refractivity contribution in [1.29, 1.82) is 0 Å². The molecule has 2 aromatic rings. The van der Waals surface area contributed by atoms with Crippen LogP contribution in [-0.4, -0.2) is 15.7 Å². The molecule has 0 atom stereocenters. The van der Waals surface area contributed by atoms with Crippen molar-refractivity contribution in [2.45, 2.75) is 0 Å². The first kappa shape index (κ1) is 9.83. The highest BCUT2D eigenvalue weighted by Crippen LogP contribution is 2.31. The Balaban J connectivity index is 2.15. The number of fused-ring (bicyclic) bond motifs is 2. The predicted molar refractivity (Wildman–Crippen MR) is 60.8 cm³/mol. The van der Waals surface area contributed by atoms with Gasteiger partial charge in [0.25, 0.3) is 5.91 Å². The number of hydrogen-bond acceptors (Lipinski definition) is 3. The van der Waals surface area contributed by atoms with E-state index in [1.807, 2.05) is 0 Å². The minimum Gasteiger partial charge on any atom is -0.336 e. The van der Waals surface area contributed by atoms with Crippen molar-refractivity contribution in [1.82, 2.24) is 9.78 Å². The first-order valence-corrected chi connectivity index (χ1v) is 5.05. The number of nitrogens with one attached hydrogen (secondary N) is 2. The first-order valence-electron chi connectivity index (χ1n) is 5.05. The van der Waals surface area contributed by atoms with Crippen LogP contribution in [0.1, 0.15) is 10.4 Å². The van der Waals surface area contributed by atoms with E-state index in [2.05, 4.69) is 15.7 Å². The van der Waals surface area contributed by atoms with Crippen molar-refractivity contribution in [3.63, 3.8) is 0 Å². The molecule has 0 bridgehead atoms. The Kier molecular flexibility index (Phi) is 1.91. The van der Waals surface area contributed by atoms with E-state index in [0.717, 1.165) is 0 Å². The Morgan fingerprint density at radius 1 is 1.29 bits per heavy atom. The number of anilines is 3. The highest BCUT2D eigenvalue weighted by Gasteiger charge is 2.21. The van der Waals surface area contributed by atoms with Crippen molar-refractivity contribution in [2.24, 2.45) is 7.05 Å². The van der Waals surface area contributed by atoms with Crippen molar-refractivity contribution in [2.75, 3.05) is 10.6 Å². The number of carbonyl (C=O) groups is 1. The number of halogens is 1. The highest BCUT2D eigenvalue weighted by molar-refractivity contribution is 6.11. The van der Waals surface area contributed by atoms with E-state index in [9.17, 15) is 9.18 Å². The maximum Gasteiger partial charge on any atom is 0.261 e. The van der Waals surface area contributed by atoms with Gasteiger partial charge in [0.1, 0.15) is 11.4 Å². The fourth-order valence-corrected chi connectivity index (χ4v) is 1.79. The summed E-state index contributed by atoms with van der Waals surface area (Å²) < 4.78 is 14.6. The zero-order chi connectivity index (χ0) is 12.0. The SMILES string of the molecule is Cn1cc2c(n1)Nc1ccc(F)cc1NC2=O. The summed E-state index contributed by atoms with van der Waals surface area (Å²) in [5.74, 6) is -0.230. The third-order valence-corrected chi connectivity index (χ3v) is 2.56. The van der Waals surface area contributed by atoms with Crippen LogP contribution < -0.4 is 10.6 Å². The van der Waals surface area contributed by atoms with Crippen LogP contribution in [0, 0.1) is 5.82 Å². The van der Waals surface area contributed by atoms with Crippen LogP contribution in [0.4, 0.5) is 21.6 Å². The fourth-order valence-electron chi connectivity index (χ4n) is 1.79. The molecule has 1 aromatic heterocycles. The van der Waals surface area contributed by atoms with Gasteiger partial charge in [-0.25, -0.2) is 4.39 Å². The Hall–Kier alpha value is -2.37. The summed E-state index contributed by atoms with van der Waals surface area (Å²) in [4.78, 5) is 11.9. The zero-order valence-electron chi connectivity index (χ0n) is 8.99. The van der Waals surface area contributed by atoms with E-state index >= 15 is 0 Å². The number of nitrogens with zero attached hydrogens (tertiary/aromatic N) is 2. The molecule has 0 radical (unpaired) electrons. The molecule has 1 aromatic carbocycles. The number of carbonyl (C=O) groups excluding carboxylic acids is 1. The lowest BCUT2D eigenvalue weighted by atomic mass is 10.2. The molecule has 86 valence electrons. The Morgan fingerprint density at radius 2 is 2.12 bits per heavy atom. The van der Waals surface area contributed by atoms with Crippen LogP contribution in [0.15, 0.2) is 24.4 Å². The molecule has 1 aliphatic heterocycles. The second kappa shape index (κ2) is 3.31. The number of aryl methyl sites for hydroxylation is 1. The summed E-state index contributed by atoms with van der Waals surface area (Å²) in [6, 6.07) is 4.16. The van der Waals surface area contributed by atoms with Crippen molar-refractivity contribution in [3.05, 3.63) is 35.8 Å². The summed E-state index contributed by atoms with van der Waals surface area (Å²) in [6.07, 6.45) is 1.61. The van der Waals surface area contributed by atoms with Gasteiger partial charge >= 0.3 is 0 Å². The predicted octanol–water partition coefficient (Wildman–Crippen LogP) is 1.87. The van der Waals surface area contributed by atoms with Gasteiger partial charge in [0.05, 0.1) is 11.4 Å². The minimum absolute atomic E-state index is 0.301. The number of hydrogen-bond donors (Lipinski definition) is 2. The maximum absolute atomic E-state index is 13.1. The topological polar surface area (TPSA) is 59.0 Å². The van der Waals surface area contributed by atoms with Crippen LogP contribution in [0.25, 0.3) is 0 Å². The summed E-state index contributed by atoms with van der Waals surface area (Å²) in [7, 11) is 1.73. The average Bonchev–Trinajstić information content (AvgIpc) is 2.58. The van der Waals surface area contributed by atoms with Gasteiger partial charge in [-0.2, -0.15) is 5.10 Å². The largest absolute Gasteiger partial charge is 0.336 e. The molecule has 2 heterocycles. The number of amides is 1. The van der Waals surface area contributed by atoms with Crippen LogP contribution >= 0.6 is 0 Å². The van der Waals surface area contributed by atoms with Crippen molar-refractivity contribution in [3.8, 4) is 0 Å². The van der Waals surface area contributed by atoms with Gasteiger partial charge in [0, 0.05) is 13.2 Å². The molecular weight excluding hydrogens is 223 g/mol. The summed E-state index contributed by atoms with van der Waals surface area (Å²) in [6.45, 7) is 0. The molecule has 0 saturated heterocycles. The molecule has 1 aliphatic rings. The van der Waals surface area contributed by atoms with Crippen molar-refractivity contribution < 1.29 is 9.18 Å². The fraction of sp³-hybridized carbons (Fsp3) is 0.0909. The van der Waals surface area contributed by atoms with Gasteiger partial charge in [-0.05, 0) is 18.2 Å². The quantitative estimate of drug-likeness (QED) is 0.729. The minimum atomic E-state index is -0.397. The third-order valence-electron chi connectivity index (χ3n) is 2.56. The molecule has 0 aliphatic carbocycles. The summed E-state index contributed by atoms with van der Waals surface area (Å²) in [5, 5.41) is 9.77. The molecule has 0 saturated carbocycles. The Labute approximate surface area is 96.2 Å². The van der Waals surface area contributed by atoms with Gasteiger partial charge in [0.15, 0.2) is 5.82 Å². The third kappa shape index (κ3) is 1.54. The average molecular weight is 232 g/mol. The second-order valence-corrected chi connectivity index (χ2v) is 3.83. The van der Waals surface area contributed by atoms with E-state index < -0.39 is 5.82 Å². The lowest BCUT2D eigenvalue weighted by Crippen LogP contribution is -2.10. The normalized spacial score (nSPS) is 13.2. The van der Waals surface area contributed by atoms with Gasteiger partial charge < -0.3 is 10.6 Å². The van der Waals surface area contributed by atoms with E-state index in [4.69, 9.17) is 0 Å². The maximum atomic E-state index is 13.1. The molecule has 1 amide bonds. The molecule has 5 nitrogen and oxygen atoms in total. The van der Waals surface area contributed by atoms with Gasteiger partial charge in [-0.3, -0.25) is 9.48 Å². The molecule has 0 fully saturated rings. The van der Waals surface area contributed by atoms with Crippen LogP contribution in [0.2, 0.25) is 0 Å². The number of rotatable bonds is 0. The van der Waals surface area contributed by atoms with Crippen LogP contribution in [-0.2, 0) is 7.05 Å². The molecule has 6 heteroatoms. The second-order valence-electron chi connectivity index (χ2n) is 3.83. The van der Waals surface area contributed by atoms with E-state index in [1.54, 1.807) is 24.0 Å². The summed E-state index contributed by atoms with van der Waals surface area (Å²) >= 11 is 0. The standard InChI is InChI=1S/C11H9FN4O/c1-16-5-7-10(15-16)13-8-3-2-6(12)4-9(8)14-11(7)17/h2-5H,1H3,(H,13,15)(H,14,17). The van der Waals surface area contributed by atoms with Crippen LogP contribution in [0.3, 0.4) is 0 Å². The van der Waals surface area contributed by atoms with Crippen molar-refractivity contribution >= 4 is 23.1 Å². The smallest absolute Gasteiger partial charge is 0.261 e. The summed E-state index contributed by atoms with van der Waals surface area (Å²) in [5.41, 5.74) is 1.47. The van der Waals surface area contributed by atoms with Gasteiger partial charge in [0.2, 0.25) is 0 Å². The zero-order valence-corrected chi connectivity index (χ0v) is 8.99. The number of benzene rings is 1. The first-order chi connectivity index (χ1) is 8.13. The monoisotopic (exact) mass is 232 g/mol. The van der Waals surface area contributed by atoms with Gasteiger partial charge in [-0.15, -0.1) is 0 Å². The van der Waals surface area contributed by atoms with Gasteiger partial charge in [-0.1, -0.05) is 0 Å².